The summed E-state index contributed by atoms with van der Waals surface area (Å²) in [5, 5.41) is 2.30. The summed E-state index contributed by atoms with van der Waals surface area (Å²) in [5.74, 6) is -0.343. The van der Waals surface area contributed by atoms with Crippen molar-refractivity contribution in [3.63, 3.8) is 0 Å². The SMILES string of the molecule is CCCCN(C)c1nc(C)cc(C(=O)Nc2ccccc2C(F)(F)F)n1. The van der Waals surface area contributed by atoms with E-state index in [9.17, 15) is 18.0 Å². The standard InChI is InChI=1S/C18H21F3N4O/c1-4-5-10-25(3)17-22-12(2)11-15(24-17)16(26)23-14-9-7-6-8-13(14)18(19,20)21/h6-9,11H,4-5,10H2,1-3H3,(H,23,26). The fourth-order valence-electron chi connectivity index (χ4n) is 2.36. The van der Waals surface area contributed by atoms with Crippen LogP contribution in [0.3, 0.4) is 0 Å². The first-order chi connectivity index (χ1) is 12.2. The molecule has 0 aliphatic carbocycles. The first-order valence-electron chi connectivity index (χ1n) is 8.26. The van der Waals surface area contributed by atoms with Gasteiger partial charge in [-0.25, -0.2) is 9.97 Å². The molecule has 1 aromatic carbocycles. The third kappa shape index (κ3) is 4.93. The summed E-state index contributed by atoms with van der Waals surface area (Å²) in [4.78, 5) is 22.7. The average Bonchev–Trinajstić information content (AvgIpc) is 2.58. The number of aromatic nitrogens is 2. The number of hydrogen-bond donors (Lipinski definition) is 1. The predicted octanol–water partition coefficient (Wildman–Crippen LogP) is 4.29. The maximum Gasteiger partial charge on any atom is 0.418 e. The van der Waals surface area contributed by atoms with E-state index in [-0.39, 0.29) is 11.4 Å². The van der Waals surface area contributed by atoms with Crippen molar-refractivity contribution in [3.8, 4) is 0 Å². The van der Waals surface area contributed by atoms with Crippen LogP contribution in [0.2, 0.25) is 0 Å². The van der Waals surface area contributed by atoms with Gasteiger partial charge < -0.3 is 10.2 Å². The van der Waals surface area contributed by atoms with Crippen molar-refractivity contribution in [1.82, 2.24) is 9.97 Å². The number of nitrogens with one attached hydrogen (secondary N) is 1. The van der Waals surface area contributed by atoms with Crippen LogP contribution < -0.4 is 10.2 Å². The van der Waals surface area contributed by atoms with Gasteiger partial charge in [-0.15, -0.1) is 0 Å². The maximum atomic E-state index is 13.1. The molecule has 26 heavy (non-hydrogen) atoms. The minimum Gasteiger partial charge on any atom is -0.344 e. The van der Waals surface area contributed by atoms with Crippen molar-refractivity contribution >= 4 is 17.5 Å². The van der Waals surface area contributed by atoms with Crippen LogP contribution in [0.1, 0.15) is 41.5 Å². The molecule has 1 heterocycles. The molecule has 5 nitrogen and oxygen atoms in total. The van der Waals surface area contributed by atoms with Gasteiger partial charge in [0.2, 0.25) is 5.95 Å². The summed E-state index contributed by atoms with van der Waals surface area (Å²) in [6.07, 6.45) is -2.62. The average molecular weight is 366 g/mol. The maximum absolute atomic E-state index is 13.1. The normalized spacial score (nSPS) is 11.3. The van der Waals surface area contributed by atoms with Crippen LogP contribution in [0.15, 0.2) is 30.3 Å². The lowest BCUT2D eigenvalue weighted by molar-refractivity contribution is -0.136. The van der Waals surface area contributed by atoms with Crippen LogP contribution in [0.5, 0.6) is 0 Å². The van der Waals surface area contributed by atoms with Crippen LogP contribution in [0.25, 0.3) is 0 Å². The predicted molar refractivity (Wildman–Crippen MR) is 94.3 cm³/mol. The third-order valence-electron chi connectivity index (χ3n) is 3.74. The van der Waals surface area contributed by atoms with Gasteiger partial charge in [0.1, 0.15) is 5.69 Å². The van der Waals surface area contributed by atoms with Crippen LogP contribution >= 0.6 is 0 Å². The number of nitrogens with zero attached hydrogens (tertiary/aromatic N) is 3. The first-order valence-corrected chi connectivity index (χ1v) is 8.26. The smallest absolute Gasteiger partial charge is 0.344 e. The molecule has 0 saturated heterocycles. The van der Waals surface area contributed by atoms with Crippen molar-refractivity contribution in [2.45, 2.75) is 32.9 Å². The summed E-state index contributed by atoms with van der Waals surface area (Å²) in [6.45, 7) is 4.49. The van der Waals surface area contributed by atoms with Crippen molar-refractivity contribution < 1.29 is 18.0 Å². The number of carbonyl (C=O) groups excluding carboxylic acids is 1. The van der Waals surface area contributed by atoms with Gasteiger partial charge in [-0.05, 0) is 31.5 Å². The van der Waals surface area contributed by atoms with Crippen molar-refractivity contribution in [2.75, 3.05) is 23.8 Å². The molecule has 0 fully saturated rings. The number of aryl methyl sites for hydroxylation is 1. The largest absolute Gasteiger partial charge is 0.418 e. The summed E-state index contributed by atoms with van der Waals surface area (Å²) >= 11 is 0. The van der Waals surface area contributed by atoms with Crippen molar-refractivity contribution in [3.05, 3.63) is 47.3 Å². The summed E-state index contributed by atoms with van der Waals surface area (Å²) in [6, 6.07) is 6.28. The highest BCUT2D eigenvalue weighted by Gasteiger charge is 2.33. The number of unbranched alkanes of at least 4 members (excludes halogenated alkanes) is 1. The fraction of sp³-hybridized carbons (Fsp3) is 0.389. The van der Waals surface area contributed by atoms with Crippen LogP contribution in [-0.2, 0) is 6.18 Å². The molecule has 1 amide bonds. The molecule has 1 N–H and O–H groups in total. The molecule has 2 rings (SSSR count). The molecule has 140 valence electrons. The molecule has 0 aliphatic heterocycles. The monoisotopic (exact) mass is 366 g/mol. The van der Waals surface area contributed by atoms with Gasteiger partial charge in [0.15, 0.2) is 0 Å². The van der Waals surface area contributed by atoms with Gasteiger partial charge in [0.25, 0.3) is 5.91 Å². The Morgan fingerprint density at radius 3 is 2.58 bits per heavy atom. The van der Waals surface area contributed by atoms with E-state index in [1.165, 1.54) is 24.3 Å². The van der Waals surface area contributed by atoms with E-state index < -0.39 is 17.6 Å². The van der Waals surface area contributed by atoms with Crippen LogP contribution in [0, 0.1) is 6.92 Å². The Bertz CT molecular complexity index is 777. The van der Waals surface area contributed by atoms with E-state index in [1.54, 1.807) is 6.92 Å². The molecule has 0 bridgehead atoms. The minimum atomic E-state index is -4.56. The zero-order chi connectivity index (χ0) is 19.3. The zero-order valence-corrected chi connectivity index (χ0v) is 14.9. The van der Waals surface area contributed by atoms with Crippen LogP contribution in [0.4, 0.5) is 24.8 Å². The molecule has 0 saturated carbocycles. The molecular formula is C18H21F3N4O. The van der Waals surface area contributed by atoms with Gasteiger partial charge in [-0.3, -0.25) is 4.79 Å². The molecule has 2 aromatic rings. The number of anilines is 2. The van der Waals surface area contributed by atoms with Crippen molar-refractivity contribution in [1.29, 1.82) is 0 Å². The Kier molecular flexibility index (Phi) is 6.18. The van der Waals surface area contributed by atoms with Gasteiger partial charge in [-0.1, -0.05) is 25.5 Å². The Morgan fingerprint density at radius 2 is 1.92 bits per heavy atom. The number of alkyl halides is 3. The lowest BCUT2D eigenvalue weighted by Gasteiger charge is -2.18. The number of rotatable bonds is 6. The molecule has 1 aromatic heterocycles. The molecule has 0 atom stereocenters. The van der Waals surface area contributed by atoms with E-state index >= 15 is 0 Å². The van der Waals surface area contributed by atoms with E-state index in [2.05, 4.69) is 22.2 Å². The van der Waals surface area contributed by atoms with Crippen LogP contribution in [-0.4, -0.2) is 29.5 Å². The third-order valence-corrected chi connectivity index (χ3v) is 3.74. The lowest BCUT2D eigenvalue weighted by Crippen LogP contribution is -2.24. The Hall–Kier alpha value is -2.64. The first kappa shape index (κ1) is 19.7. The number of hydrogen-bond acceptors (Lipinski definition) is 4. The molecule has 0 aliphatic rings. The summed E-state index contributed by atoms with van der Waals surface area (Å²) in [5.41, 5.74) is -0.623. The number of carbonyl (C=O) groups is 1. The van der Waals surface area contributed by atoms with Gasteiger partial charge in [-0.2, -0.15) is 13.2 Å². The van der Waals surface area contributed by atoms with Gasteiger partial charge in [0.05, 0.1) is 11.3 Å². The number of benzene rings is 1. The molecule has 8 heteroatoms. The number of amides is 1. The van der Waals surface area contributed by atoms with E-state index in [1.807, 2.05) is 11.9 Å². The highest BCUT2D eigenvalue weighted by atomic mass is 19.4. The Balaban J connectivity index is 2.27. The highest BCUT2D eigenvalue weighted by molar-refractivity contribution is 6.03. The number of halogens is 3. The Labute approximate surface area is 150 Å². The number of para-hydroxylation sites is 1. The summed E-state index contributed by atoms with van der Waals surface area (Å²) < 4.78 is 39.2. The second-order valence-corrected chi connectivity index (χ2v) is 5.97. The van der Waals surface area contributed by atoms with E-state index in [0.29, 0.717) is 11.6 Å². The van der Waals surface area contributed by atoms with Crippen molar-refractivity contribution in [2.24, 2.45) is 0 Å². The summed E-state index contributed by atoms with van der Waals surface area (Å²) in [7, 11) is 1.81. The second-order valence-electron chi connectivity index (χ2n) is 5.97. The Morgan fingerprint density at radius 1 is 1.23 bits per heavy atom. The topological polar surface area (TPSA) is 58.1 Å². The zero-order valence-electron chi connectivity index (χ0n) is 14.9. The molecule has 0 spiro atoms. The molecule has 0 radical (unpaired) electrons. The van der Waals surface area contributed by atoms with Gasteiger partial charge >= 0.3 is 6.18 Å². The van der Waals surface area contributed by atoms with E-state index in [4.69, 9.17) is 0 Å². The fourth-order valence-corrected chi connectivity index (χ4v) is 2.36. The minimum absolute atomic E-state index is 0.0211. The highest BCUT2D eigenvalue weighted by Crippen LogP contribution is 2.34. The lowest BCUT2D eigenvalue weighted by atomic mass is 10.1. The quantitative estimate of drug-likeness (QED) is 0.828. The van der Waals surface area contributed by atoms with Gasteiger partial charge in [0, 0.05) is 19.3 Å². The van der Waals surface area contributed by atoms with E-state index in [0.717, 1.165) is 25.5 Å². The molecular weight excluding hydrogens is 345 g/mol. The second kappa shape index (κ2) is 8.16. The molecule has 0 unspecified atom stereocenters.